The molecule has 20 heavy (non-hydrogen) atoms. The Morgan fingerprint density at radius 2 is 2.05 bits per heavy atom. The van der Waals surface area contributed by atoms with Crippen LogP contribution in [0.1, 0.15) is 27.7 Å². The Morgan fingerprint density at radius 1 is 1.25 bits per heavy atom. The zero-order valence-corrected chi connectivity index (χ0v) is 12.2. The van der Waals surface area contributed by atoms with Gasteiger partial charge >= 0.3 is 6.01 Å². The van der Waals surface area contributed by atoms with E-state index in [4.69, 9.17) is 4.74 Å². The van der Waals surface area contributed by atoms with Crippen LogP contribution >= 0.6 is 0 Å². The maximum Gasteiger partial charge on any atom is 0.323 e. The molecule has 0 amide bonds. The van der Waals surface area contributed by atoms with Gasteiger partial charge in [-0.15, -0.1) is 0 Å². The fraction of sp³-hybridized carbons (Fsp3) is 0.538. The highest BCUT2D eigenvalue weighted by molar-refractivity contribution is 5.29. The molecule has 0 aliphatic heterocycles. The lowest BCUT2D eigenvalue weighted by molar-refractivity contribution is 0.155. The SMILES string of the molecule is CCNc1nc(OC(C)C(C)C)nc(-n2cccn2)n1. The van der Waals surface area contributed by atoms with E-state index in [1.54, 1.807) is 17.1 Å². The highest BCUT2D eigenvalue weighted by atomic mass is 16.5. The lowest BCUT2D eigenvalue weighted by Crippen LogP contribution is -2.21. The van der Waals surface area contributed by atoms with E-state index < -0.39 is 0 Å². The Morgan fingerprint density at radius 3 is 2.65 bits per heavy atom. The molecule has 2 aromatic rings. The van der Waals surface area contributed by atoms with E-state index in [0.717, 1.165) is 6.54 Å². The molecule has 1 atom stereocenters. The highest BCUT2D eigenvalue weighted by Gasteiger charge is 2.14. The van der Waals surface area contributed by atoms with Crippen LogP contribution in [0.25, 0.3) is 5.95 Å². The molecule has 0 bridgehead atoms. The molecule has 1 unspecified atom stereocenters. The molecule has 0 saturated carbocycles. The molecule has 0 aliphatic rings. The Kier molecular flexibility index (Phi) is 4.49. The second kappa shape index (κ2) is 6.31. The average Bonchev–Trinajstić information content (AvgIpc) is 2.92. The quantitative estimate of drug-likeness (QED) is 0.868. The van der Waals surface area contributed by atoms with Crippen LogP contribution in [0.4, 0.5) is 5.95 Å². The van der Waals surface area contributed by atoms with Crippen LogP contribution in [0, 0.1) is 5.92 Å². The van der Waals surface area contributed by atoms with Gasteiger partial charge in [-0.3, -0.25) is 0 Å². The van der Waals surface area contributed by atoms with Crippen molar-refractivity contribution in [2.75, 3.05) is 11.9 Å². The van der Waals surface area contributed by atoms with Crippen LogP contribution < -0.4 is 10.1 Å². The first kappa shape index (κ1) is 14.2. The van der Waals surface area contributed by atoms with Crippen molar-refractivity contribution < 1.29 is 4.74 Å². The third kappa shape index (κ3) is 3.43. The summed E-state index contributed by atoms with van der Waals surface area (Å²) in [4.78, 5) is 12.9. The van der Waals surface area contributed by atoms with Crippen LogP contribution in [-0.4, -0.2) is 37.4 Å². The van der Waals surface area contributed by atoms with Gasteiger partial charge in [0.2, 0.25) is 5.95 Å². The average molecular weight is 276 g/mol. The summed E-state index contributed by atoms with van der Waals surface area (Å²) < 4.78 is 7.34. The minimum absolute atomic E-state index is 0.0253. The molecule has 7 heteroatoms. The Bertz CT molecular complexity index is 540. The van der Waals surface area contributed by atoms with E-state index in [2.05, 4.69) is 39.2 Å². The first-order chi connectivity index (χ1) is 9.60. The van der Waals surface area contributed by atoms with Crippen molar-refractivity contribution in [2.45, 2.75) is 33.8 Å². The molecule has 0 saturated heterocycles. The van der Waals surface area contributed by atoms with Crippen LogP contribution in [0.15, 0.2) is 18.5 Å². The number of rotatable bonds is 6. The molecule has 1 N–H and O–H groups in total. The number of hydrogen-bond acceptors (Lipinski definition) is 6. The summed E-state index contributed by atoms with van der Waals surface area (Å²) >= 11 is 0. The molecular formula is C13H20N6O. The number of aromatic nitrogens is 5. The number of hydrogen-bond donors (Lipinski definition) is 1. The van der Waals surface area contributed by atoms with E-state index in [-0.39, 0.29) is 6.10 Å². The number of nitrogens with zero attached hydrogens (tertiary/aromatic N) is 5. The molecule has 0 spiro atoms. The van der Waals surface area contributed by atoms with Gasteiger partial charge in [0.1, 0.15) is 6.10 Å². The van der Waals surface area contributed by atoms with Gasteiger partial charge in [0, 0.05) is 18.9 Å². The second-order valence-corrected chi connectivity index (χ2v) is 4.79. The van der Waals surface area contributed by atoms with E-state index in [1.165, 1.54) is 0 Å². The minimum Gasteiger partial charge on any atom is -0.460 e. The molecule has 108 valence electrons. The van der Waals surface area contributed by atoms with Gasteiger partial charge in [-0.1, -0.05) is 13.8 Å². The van der Waals surface area contributed by atoms with Gasteiger partial charge in [-0.05, 0) is 25.8 Å². The molecule has 0 fully saturated rings. The molecule has 2 heterocycles. The van der Waals surface area contributed by atoms with E-state index >= 15 is 0 Å². The summed E-state index contributed by atoms with van der Waals surface area (Å²) in [5, 5.41) is 7.19. The van der Waals surface area contributed by atoms with Crippen molar-refractivity contribution >= 4 is 5.95 Å². The smallest absolute Gasteiger partial charge is 0.323 e. The summed E-state index contributed by atoms with van der Waals surface area (Å²) in [6, 6.07) is 2.12. The number of anilines is 1. The number of ether oxygens (including phenoxy) is 1. The lowest BCUT2D eigenvalue weighted by Gasteiger charge is -2.17. The van der Waals surface area contributed by atoms with Gasteiger partial charge < -0.3 is 10.1 Å². The zero-order chi connectivity index (χ0) is 14.5. The molecule has 2 rings (SSSR count). The maximum absolute atomic E-state index is 5.76. The van der Waals surface area contributed by atoms with Gasteiger partial charge in [-0.25, -0.2) is 4.68 Å². The van der Waals surface area contributed by atoms with E-state index in [9.17, 15) is 0 Å². The van der Waals surface area contributed by atoms with Crippen molar-refractivity contribution in [3.63, 3.8) is 0 Å². The molecular weight excluding hydrogens is 256 g/mol. The van der Waals surface area contributed by atoms with Crippen molar-refractivity contribution in [1.82, 2.24) is 24.7 Å². The van der Waals surface area contributed by atoms with Crippen molar-refractivity contribution in [3.8, 4) is 12.0 Å². The van der Waals surface area contributed by atoms with Crippen LogP contribution in [0.3, 0.4) is 0 Å². The molecule has 7 nitrogen and oxygen atoms in total. The van der Waals surface area contributed by atoms with Crippen LogP contribution in [0.2, 0.25) is 0 Å². The lowest BCUT2D eigenvalue weighted by atomic mass is 10.1. The van der Waals surface area contributed by atoms with Gasteiger partial charge in [0.25, 0.3) is 5.95 Å². The van der Waals surface area contributed by atoms with Crippen molar-refractivity contribution in [3.05, 3.63) is 18.5 Å². The summed E-state index contributed by atoms with van der Waals surface area (Å²) in [6.07, 6.45) is 3.48. The Balaban J connectivity index is 2.31. The minimum atomic E-state index is 0.0253. The van der Waals surface area contributed by atoms with Crippen LogP contribution in [0.5, 0.6) is 6.01 Å². The predicted octanol–water partition coefficient (Wildman–Crippen LogP) is 1.91. The summed E-state index contributed by atoms with van der Waals surface area (Å²) in [6.45, 7) is 8.88. The van der Waals surface area contributed by atoms with Crippen molar-refractivity contribution in [1.29, 1.82) is 0 Å². The number of nitrogens with one attached hydrogen (secondary N) is 1. The van der Waals surface area contributed by atoms with Gasteiger partial charge in [0.15, 0.2) is 0 Å². The monoisotopic (exact) mass is 276 g/mol. The molecule has 2 aromatic heterocycles. The van der Waals surface area contributed by atoms with E-state index in [0.29, 0.717) is 23.8 Å². The van der Waals surface area contributed by atoms with Crippen molar-refractivity contribution in [2.24, 2.45) is 5.92 Å². The molecule has 0 radical (unpaired) electrons. The molecule has 0 aliphatic carbocycles. The van der Waals surface area contributed by atoms with E-state index in [1.807, 2.05) is 19.9 Å². The zero-order valence-electron chi connectivity index (χ0n) is 12.2. The summed E-state index contributed by atoms with van der Waals surface area (Å²) in [5.41, 5.74) is 0. The van der Waals surface area contributed by atoms with Gasteiger partial charge in [0.05, 0.1) is 0 Å². The molecule has 0 aromatic carbocycles. The largest absolute Gasteiger partial charge is 0.460 e. The topological polar surface area (TPSA) is 77.8 Å². The maximum atomic E-state index is 5.76. The normalized spacial score (nSPS) is 12.4. The summed E-state index contributed by atoms with van der Waals surface area (Å²) in [7, 11) is 0. The van der Waals surface area contributed by atoms with Gasteiger partial charge in [-0.2, -0.15) is 20.1 Å². The first-order valence-electron chi connectivity index (χ1n) is 6.76. The third-order valence-corrected chi connectivity index (χ3v) is 2.88. The fourth-order valence-electron chi connectivity index (χ4n) is 1.43. The highest BCUT2D eigenvalue weighted by Crippen LogP contribution is 2.14. The summed E-state index contributed by atoms with van der Waals surface area (Å²) in [5.74, 6) is 1.30. The Labute approximate surface area is 118 Å². The third-order valence-electron chi connectivity index (χ3n) is 2.88. The van der Waals surface area contributed by atoms with Crippen LogP contribution in [-0.2, 0) is 0 Å². The Hall–Kier alpha value is -2.18. The first-order valence-corrected chi connectivity index (χ1v) is 6.76. The standard InChI is InChI=1S/C13H20N6O/c1-5-14-11-16-12(19-8-6-7-15-19)18-13(17-11)20-10(4)9(2)3/h6-10H,5H2,1-4H3,(H,14,16,17,18). The predicted molar refractivity (Wildman–Crippen MR) is 76.0 cm³/mol. The fourth-order valence-corrected chi connectivity index (χ4v) is 1.43. The second-order valence-electron chi connectivity index (χ2n) is 4.79.